The molecule has 164 valence electrons. The molecule has 3 aromatic rings. The second-order valence-electron chi connectivity index (χ2n) is 8.67. The molecule has 0 spiro atoms. The van der Waals surface area contributed by atoms with Crippen LogP contribution < -0.4 is 5.14 Å². The summed E-state index contributed by atoms with van der Waals surface area (Å²) in [4.78, 5) is 4.59. The first-order valence-electron chi connectivity index (χ1n) is 10.6. The third-order valence-corrected chi connectivity index (χ3v) is 7.24. The van der Waals surface area contributed by atoms with Crippen molar-refractivity contribution in [2.24, 2.45) is 11.1 Å². The van der Waals surface area contributed by atoms with Crippen LogP contribution in [0.25, 0.3) is 5.52 Å². The zero-order valence-corrected chi connectivity index (χ0v) is 17.9. The highest BCUT2D eigenvalue weighted by Crippen LogP contribution is 2.40. The summed E-state index contributed by atoms with van der Waals surface area (Å²) in [5, 5.41) is 19.8. The molecule has 31 heavy (non-hydrogen) atoms. The maximum Gasteiger partial charge on any atom is 0.333 e. The smallest absolute Gasteiger partial charge is 0.333 e. The summed E-state index contributed by atoms with van der Waals surface area (Å²) >= 11 is 0. The van der Waals surface area contributed by atoms with E-state index < -0.39 is 16.4 Å². The molecule has 2 aromatic heterocycles. The predicted molar refractivity (Wildman–Crippen MR) is 115 cm³/mol. The fraction of sp³-hybridized carbons (Fsp3) is 0.455. The van der Waals surface area contributed by atoms with E-state index in [4.69, 9.17) is 9.32 Å². The molecule has 1 aromatic carbocycles. The molecule has 0 amide bonds. The van der Waals surface area contributed by atoms with Crippen molar-refractivity contribution < 1.29 is 17.7 Å². The van der Waals surface area contributed by atoms with Crippen LogP contribution in [-0.2, 0) is 27.3 Å². The van der Waals surface area contributed by atoms with Gasteiger partial charge in [0.1, 0.15) is 6.33 Å². The summed E-state index contributed by atoms with van der Waals surface area (Å²) in [6, 6.07) is 12.7. The van der Waals surface area contributed by atoms with E-state index in [1.807, 2.05) is 16.6 Å². The Labute approximate surface area is 181 Å². The van der Waals surface area contributed by atoms with Gasteiger partial charge < -0.3 is 5.11 Å². The molecule has 9 heteroatoms. The van der Waals surface area contributed by atoms with Crippen LogP contribution in [0.5, 0.6) is 0 Å². The third-order valence-electron chi connectivity index (χ3n) is 6.78. The number of fused-ring (bicyclic) bond motifs is 2. The second kappa shape index (κ2) is 7.98. The number of nitrogens with two attached hydrogens (primary N) is 1. The molecule has 3 N–H and O–H groups in total. The van der Waals surface area contributed by atoms with Gasteiger partial charge in [0.15, 0.2) is 0 Å². The van der Waals surface area contributed by atoms with E-state index in [0.717, 1.165) is 36.2 Å². The molecule has 2 heterocycles. The van der Waals surface area contributed by atoms with E-state index in [1.54, 1.807) is 6.33 Å². The van der Waals surface area contributed by atoms with E-state index in [2.05, 4.69) is 34.3 Å². The molecule has 5 rings (SSSR count). The minimum Gasteiger partial charge on any atom is -0.393 e. The van der Waals surface area contributed by atoms with Crippen molar-refractivity contribution in [1.82, 2.24) is 14.6 Å². The van der Waals surface area contributed by atoms with Gasteiger partial charge in [0.2, 0.25) is 0 Å². The monoisotopic (exact) mass is 442 g/mol. The number of rotatable bonds is 6. The molecular formula is C22H26N4O4S. The third kappa shape index (κ3) is 4.10. The number of benzene rings is 1. The standard InChI is InChI=1S/C22H26N4O4S/c23-31(28,29)30-12-17-9-16(11-22(17)27)20-7-8-21-19(24-13-25-26(20)21)10-15-6-5-14-3-1-2-4-18(14)15/h1-4,7-8,13,15-17,22,27H,5-6,9-12H2,(H2,23,28,29)/t15-,16?,17-,22+/m1/s1. The minimum absolute atomic E-state index is 0.0570. The van der Waals surface area contributed by atoms with Crippen molar-refractivity contribution in [3.63, 3.8) is 0 Å². The molecule has 2 aliphatic rings. The summed E-state index contributed by atoms with van der Waals surface area (Å²) in [6.45, 7) is -0.110. The first-order valence-corrected chi connectivity index (χ1v) is 12.1. The van der Waals surface area contributed by atoms with E-state index in [-0.39, 0.29) is 18.4 Å². The number of aromatic nitrogens is 3. The fourth-order valence-corrected chi connectivity index (χ4v) is 5.63. The molecule has 4 atom stereocenters. The predicted octanol–water partition coefficient (Wildman–Crippen LogP) is 2.08. The van der Waals surface area contributed by atoms with Crippen LogP contribution in [0.3, 0.4) is 0 Å². The molecule has 1 saturated carbocycles. The number of nitrogens with zero attached hydrogens (tertiary/aromatic N) is 3. The van der Waals surface area contributed by atoms with Gasteiger partial charge in [-0.15, -0.1) is 0 Å². The van der Waals surface area contributed by atoms with Crippen LogP contribution in [0, 0.1) is 5.92 Å². The number of hydrogen-bond acceptors (Lipinski definition) is 6. The van der Waals surface area contributed by atoms with Gasteiger partial charge in [0, 0.05) is 17.5 Å². The summed E-state index contributed by atoms with van der Waals surface area (Å²) in [5.41, 5.74) is 5.86. The number of aliphatic hydroxyl groups excluding tert-OH is 1. The van der Waals surface area contributed by atoms with Crippen molar-refractivity contribution in [2.45, 2.75) is 50.0 Å². The summed E-state index contributed by atoms with van der Waals surface area (Å²) in [5.74, 6) is 0.230. The highest BCUT2D eigenvalue weighted by Gasteiger charge is 2.36. The van der Waals surface area contributed by atoms with Crippen LogP contribution in [0.15, 0.2) is 42.7 Å². The van der Waals surface area contributed by atoms with E-state index >= 15 is 0 Å². The lowest BCUT2D eigenvalue weighted by molar-refractivity contribution is 0.101. The van der Waals surface area contributed by atoms with Crippen LogP contribution >= 0.6 is 0 Å². The number of aliphatic hydroxyl groups is 1. The van der Waals surface area contributed by atoms with Gasteiger partial charge in [-0.3, -0.25) is 4.18 Å². The van der Waals surface area contributed by atoms with Gasteiger partial charge in [0.05, 0.1) is 23.9 Å². The Hall–Kier alpha value is -2.33. The normalized spacial score (nSPS) is 25.9. The topological polar surface area (TPSA) is 120 Å². The number of hydrogen-bond donors (Lipinski definition) is 2. The summed E-state index contributed by atoms with van der Waals surface area (Å²) in [7, 11) is -4.02. The quantitative estimate of drug-likeness (QED) is 0.603. The highest BCUT2D eigenvalue weighted by molar-refractivity contribution is 7.84. The van der Waals surface area contributed by atoms with Crippen LogP contribution in [0.4, 0.5) is 0 Å². The average molecular weight is 443 g/mol. The maximum absolute atomic E-state index is 11.1. The van der Waals surface area contributed by atoms with Gasteiger partial charge in [-0.1, -0.05) is 24.3 Å². The molecule has 1 unspecified atom stereocenters. The summed E-state index contributed by atoms with van der Waals surface area (Å²) < 4.78 is 28.8. The first-order chi connectivity index (χ1) is 14.9. The second-order valence-corrected chi connectivity index (χ2v) is 9.89. The van der Waals surface area contributed by atoms with Gasteiger partial charge in [-0.05, 0) is 61.3 Å². The molecule has 1 fully saturated rings. The SMILES string of the molecule is NS(=O)(=O)OC[C@H]1CC(c2ccc3c(C[C@H]4CCc5ccccc54)ncnn23)C[C@@H]1O. The number of aryl methyl sites for hydroxylation is 1. The van der Waals surface area contributed by atoms with Crippen molar-refractivity contribution in [1.29, 1.82) is 0 Å². The van der Waals surface area contributed by atoms with Crippen LogP contribution in [0.1, 0.15) is 53.6 Å². The van der Waals surface area contributed by atoms with E-state index in [9.17, 15) is 13.5 Å². The minimum atomic E-state index is -4.02. The van der Waals surface area contributed by atoms with Gasteiger partial charge in [0.25, 0.3) is 0 Å². The maximum atomic E-state index is 11.1. The molecule has 0 saturated heterocycles. The Morgan fingerprint density at radius 2 is 2.03 bits per heavy atom. The molecule has 2 aliphatic carbocycles. The van der Waals surface area contributed by atoms with Crippen LogP contribution in [0.2, 0.25) is 0 Å². The van der Waals surface area contributed by atoms with Crippen molar-refractivity contribution >= 4 is 15.8 Å². The Morgan fingerprint density at radius 1 is 1.19 bits per heavy atom. The first kappa shape index (κ1) is 20.6. The average Bonchev–Trinajstić information content (AvgIpc) is 3.43. The van der Waals surface area contributed by atoms with Crippen molar-refractivity contribution in [2.75, 3.05) is 6.61 Å². The fourth-order valence-electron chi connectivity index (χ4n) is 5.27. The van der Waals surface area contributed by atoms with Gasteiger partial charge >= 0.3 is 10.3 Å². The molecule has 0 radical (unpaired) electrons. The lowest BCUT2D eigenvalue weighted by Crippen LogP contribution is -2.24. The lowest BCUT2D eigenvalue weighted by atomic mass is 9.96. The zero-order valence-electron chi connectivity index (χ0n) is 17.1. The molecular weight excluding hydrogens is 416 g/mol. The molecule has 0 bridgehead atoms. The zero-order chi connectivity index (χ0) is 21.6. The van der Waals surface area contributed by atoms with E-state index in [1.165, 1.54) is 11.1 Å². The Bertz CT molecular complexity index is 1210. The Balaban J connectivity index is 1.37. The van der Waals surface area contributed by atoms with Crippen molar-refractivity contribution in [3.05, 3.63) is 65.2 Å². The van der Waals surface area contributed by atoms with E-state index in [0.29, 0.717) is 18.8 Å². The Morgan fingerprint density at radius 3 is 2.87 bits per heavy atom. The highest BCUT2D eigenvalue weighted by atomic mass is 32.2. The molecule has 8 nitrogen and oxygen atoms in total. The van der Waals surface area contributed by atoms with Gasteiger partial charge in [-0.25, -0.2) is 14.6 Å². The lowest BCUT2D eigenvalue weighted by Gasteiger charge is -2.14. The molecule has 0 aliphatic heterocycles. The summed E-state index contributed by atoms with van der Waals surface area (Å²) in [6.07, 6.45) is 5.19. The van der Waals surface area contributed by atoms with Gasteiger partial charge in [-0.2, -0.15) is 13.5 Å². The largest absolute Gasteiger partial charge is 0.393 e. The Kier molecular flexibility index (Phi) is 5.29. The van der Waals surface area contributed by atoms with Crippen molar-refractivity contribution in [3.8, 4) is 0 Å². The van der Waals surface area contributed by atoms with Crippen LogP contribution in [-0.4, -0.2) is 40.8 Å².